The quantitative estimate of drug-likeness (QED) is 0.670. The smallest absolute Gasteiger partial charge is 0.391 e. The first-order valence-electron chi connectivity index (χ1n) is 9.79. The number of nitrogens with one attached hydrogen (secondary N) is 2. The predicted molar refractivity (Wildman–Crippen MR) is 96.3 cm³/mol. The Morgan fingerprint density at radius 1 is 1.27 bits per heavy atom. The molecule has 2 atom stereocenters. The average molecular weight is 437 g/mol. The summed E-state index contributed by atoms with van der Waals surface area (Å²) in [6.45, 7) is 0.0204. The zero-order valence-corrected chi connectivity index (χ0v) is 16.4. The summed E-state index contributed by atoms with van der Waals surface area (Å²) in [4.78, 5) is 16.0. The monoisotopic (exact) mass is 437 g/mol. The van der Waals surface area contributed by atoms with E-state index in [0.29, 0.717) is 0 Å². The van der Waals surface area contributed by atoms with Crippen LogP contribution in [0.15, 0.2) is 6.07 Å². The lowest BCUT2D eigenvalue weighted by Crippen LogP contribution is -2.40. The van der Waals surface area contributed by atoms with E-state index in [1.165, 1.54) is 7.11 Å². The minimum atomic E-state index is -4.23. The summed E-state index contributed by atoms with van der Waals surface area (Å²) in [6.07, 6.45) is -5.68. The SMILES string of the molecule is COc1nc(OC2CCC(C(F)(F)F)CC2)c(F)cc1CNC(=O)[C@@H]1C[C@@H](F)CN1. The van der Waals surface area contributed by atoms with Crippen molar-refractivity contribution in [2.24, 2.45) is 5.92 Å². The number of methoxy groups -OCH3 is 1. The van der Waals surface area contributed by atoms with Crippen LogP contribution in [0.5, 0.6) is 11.8 Å². The topological polar surface area (TPSA) is 72.5 Å². The lowest BCUT2D eigenvalue weighted by atomic mass is 9.87. The molecule has 0 bridgehead atoms. The fraction of sp³-hybridized carbons (Fsp3) is 0.684. The van der Waals surface area contributed by atoms with Gasteiger partial charge in [0.2, 0.25) is 11.8 Å². The maximum absolute atomic E-state index is 14.5. The van der Waals surface area contributed by atoms with Crippen molar-refractivity contribution in [2.45, 2.75) is 63.1 Å². The van der Waals surface area contributed by atoms with E-state index in [2.05, 4.69) is 15.6 Å². The summed E-state index contributed by atoms with van der Waals surface area (Å²) in [5.74, 6) is -2.91. The van der Waals surface area contributed by atoms with Gasteiger partial charge in [-0.25, -0.2) is 8.78 Å². The molecule has 1 saturated carbocycles. The summed E-state index contributed by atoms with van der Waals surface area (Å²) in [6, 6.07) is 0.446. The van der Waals surface area contributed by atoms with Gasteiger partial charge >= 0.3 is 6.18 Å². The van der Waals surface area contributed by atoms with Crippen molar-refractivity contribution in [1.29, 1.82) is 0 Å². The molecule has 0 spiro atoms. The van der Waals surface area contributed by atoms with Gasteiger partial charge in [0.15, 0.2) is 5.82 Å². The molecule has 1 aliphatic heterocycles. The van der Waals surface area contributed by atoms with Crippen LogP contribution in [0.3, 0.4) is 0 Å². The molecule has 1 aromatic rings. The number of rotatable bonds is 6. The van der Waals surface area contributed by atoms with Gasteiger partial charge in [0.1, 0.15) is 12.3 Å². The molecule has 11 heteroatoms. The van der Waals surface area contributed by atoms with Crippen LogP contribution in [-0.4, -0.2) is 49.0 Å². The number of hydrogen-bond donors (Lipinski definition) is 2. The van der Waals surface area contributed by atoms with E-state index < -0.39 is 42.1 Å². The Balaban J connectivity index is 1.59. The Hall–Kier alpha value is -2.17. The zero-order valence-electron chi connectivity index (χ0n) is 16.4. The standard InChI is InChI=1S/C19H24F5N3O3/c1-29-17-10(8-26-16(28)15-7-12(20)9-25-15)6-14(21)18(27-17)30-13-4-2-11(3-5-13)19(22,23)24/h6,11-13,15,25H,2-5,7-9H2,1H3,(H,26,28)/t11?,12-,13?,15+/m1/s1. The number of pyridine rings is 1. The first-order chi connectivity index (χ1) is 14.2. The largest absolute Gasteiger partial charge is 0.481 e. The number of hydrogen-bond acceptors (Lipinski definition) is 5. The molecule has 1 saturated heterocycles. The number of ether oxygens (including phenoxy) is 2. The molecule has 1 aromatic heterocycles. The number of alkyl halides is 4. The van der Waals surface area contributed by atoms with Gasteiger partial charge < -0.3 is 20.1 Å². The zero-order chi connectivity index (χ0) is 21.9. The van der Waals surface area contributed by atoms with E-state index in [-0.39, 0.29) is 62.5 Å². The molecule has 6 nitrogen and oxygen atoms in total. The van der Waals surface area contributed by atoms with Gasteiger partial charge in [-0.05, 0) is 31.7 Å². The summed E-state index contributed by atoms with van der Waals surface area (Å²) in [5.41, 5.74) is 0.256. The Morgan fingerprint density at radius 2 is 1.97 bits per heavy atom. The fourth-order valence-electron chi connectivity index (χ4n) is 3.74. The number of carbonyl (C=O) groups is 1. The number of carbonyl (C=O) groups excluding carboxylic acids is 1. The second kappa shape index (κ2) is 9.32. The van der Waals surface area contributed by atoms with Crippen LogP contribution in [0.1, 0.15) is 37.7 Å². The van der Waals surface area contributed by atoms with Crippen LogP contribution in [0.4, 0.5) is 22.0 Å². The third-order valence-corrected chi connectivity index (χ3v) is 5.44. The molecule has 2 heterocycles. The Labute approximate surface area is 170 Å². The van der Waals surface area contributed by atoms with Crippen molar-refractivity contribution in [3.05, 3.63) is 17.4 Å². The molecule has 0 unspecified atom stereocenters. The van der Waals surface area contributed by atoms with E-state index in [0.717, 1.165) is 6.07 Å². The molecule has 1 aliphatic carbocycles. The maximum atomic E-state index is 14.5. The number of halogens is 5. The van der Waals surface area contributed by atoms with Crippen molar-refractivity contribution >= 4 is 5.91 Å². The van der Waals surface area contributed by atoms with Gasteiger partial charge in [-0.3, -0.25) is 4.79 Å². The molecular weight excluding hydrogens is 413 g/mol. The first-order valence-corrected chi connectivity index (χ1v) is 9.79. The number of nitrogens with zero attached hydrogens (tertiary/aromatic N) is 1. The Bertz CT molecular complexity index is 754. The number of aromatic nitrogens is 1. The highest BCUT2D eigenvalue weighted by atomic mass is 19.4. The van der Waals surface area contributed by atoms with Crippen molar-refractivity contribution in [2.75, 3.05) is 13.7 Å². The van der Waals surface area contributed by atoms with Crippen molar-refractivity contribution in [1.82, 2.24) is 15.6 Å². The minimum absolute atomic E-state index is 0.0263. The van der Waals surface area contributed by atoms with Gasteiger partial charge in [0.25, 0.3) is 5.88 Å². The molecule has 2 fully saturated rings. The van der Waals surface area contributed by atoms with E-state index in [9.17, 15) is 26.7 Å². The third kappa shape index (κ3) is 5.50. The van der Waals surface area contributed by atoms with Crippen LogP contribution in [-0.2, 0) is 11.3 Å². The summed E-state index contributed by atoms with van der Waals surface area (Å²) in [5, 5.41) is 5.33. The lowest BCUT2D eigenvalue weighted by Gasteiger charge is -2.30. The van der Waals surface area contributed by atoms with Crippen LogP contribution in [0.2, 0.25) is 0 Å². The van der Waals surface area contributed by atoms with Crippen molar-refractivity contribution in [3.63, 3.8) is 0 Å². The summed E-state index contributed by atoms with van der Waals surface area (Å²) in [7, 11) is 1.32. The highest BCUT2D eigenvalue weighted by Crippen LogP contribution is 2.38. The van der Waals surface area contributed by atoms with Gasteiger partial charge in [-0.2, -0.15) is 18.2 Å². The first kappa shape index (κ1) is 22.5. The molecule has 168 valence electrons. The normalized spacial score (nSPS) is 27.0. The number of amides is 1. The summed E-state index contributed by atoms with van der Waals surface area (Å²) < 4.78 is 76.6. The highest BCUT2D eigenvalue weighted by Gasteiger charge is 2.42. The Morgan fingerprint density at radius 3 is 2.53 bits per heavy atom. The van der Waals surface area contributed by atoms with Crippen LogP contribution >= 0.6 is 0 Å². The molecular formula is C19H24F5N3O3. The van der Waals surface area contributed by atoms with E-state index >= 15 is 0 Å². The third-order valence-electron chi connectivity index (χ3n) is 5.44. The molecule has 3 rings (SSSR count). The van der Waals surface area contributed by atoms with Crippen molar-refractivity contribution < 1.29 is 36.2 Å². The van der Waals surface area contributed by atoms with E-state index in [1.807, 2.05) is 0 Å². The molecule has 2 aliphatic rings. The lowest BCUT2D eigenvalue weighted by molar-refractivity contribution is -0.185. The minimum Gasteiger partial charge on any atom is -0.481 e. The molecule has 1 amide bonds. The predicted octanol–water partition coefficient (Wildman–Crippen LogP) is 3.05. The highest BCUT2D eigenvalue weighted by molar-refractivity contribution is 5.82. The second-order valence-electron chi connectivity index (χ2n) is 7.59. The van der Waals surface area contributed by atoms with Gasteiger partial charge in [-0.1, -0.05) is 0 Å². The Kier molecular flexibility index (Phi) is 6.99. The van der Waals surface area contributed by atoms with Crippen molar-refractivity contribution in [3.8, 4) is 11.8 Å². The van der Waals surface area contributed by atoms with Gasteiger partial charge in [0, 0.05) is 25.1 Å². The fourth-order valence-corrected chi connectivity index (χ4v) is 3.74. The van der Waals surface area contributed by atoms with Gasteiger partial charge in [0.05, 0.1) is 19.1 Å². The van der Waals surface area contributed by atoms with E-state index in [1.54, 1.807) is 0 Å². The summed E-state index contributed by atoms with van der Waals surface area (Å²) >= 11 is 0. The van der Waals surface area contributed by atoms with E-state index in [4.69, 9.17) is 9.47 Å². The maximum Gasteiger partial charge on any atom is 0.391 e. The average Bonchev–Trinajstić information content (AvgIpc) is 3.14. The second-order valence-corrected chi connectivity index (χ2v) is 7.59. The molecule has 0 aromatic carbocycles. The van der Waals surface area contributed by atoms with Crippen LogP contribution < -0.4 is 20.1 Å². The molecule has 2 N–H and O–H groups in total. The molecule has 30 heavy (non-hydrogen) atoms. The van der Waals surface area contributed by atoms with Crippen LogP contribution in [0, 0.1) is 11.7 Å². The molecule has 0 radical (unpaired) electrons. The van der Waals surface area contributed by atoms with Crippen LogP contribution in [0.25, 0.3) is 0 Å². The van der Waals surface area contributed by atoms with Gasteiger partial charge in [-0.15, -0.1) is 0 Å².